The predicted octanol–water partition coefficient (Wildman–Crippen LogP) is 1.17. The van der Waals surface area contributed by atoms with Gasteiger partial charge in [-0.2, -0.15) is 0 Å². The van der Waals surface area contributed by atoms with E-state index in [1.165, 1.54) is 12.8 Å². The van der Waals surface area contributed by atoms with Crippen LogP contribution in [0.2, 0.25) is 0 Å². The minimum atomic E-state index is -0.0714. The van der Waals surface area contributed by atoms with Crippen molar-refractivity contribution in [2.75, 3.05) is 20.3 Å². The summed E-state index contributed by atoms with van der Waals surface area (Å²) < 4.78 is 7.37. The Hall–Kier alpha value is -1.56. The second-order valence-corrected chi connectivity index (χ2v) is 6.15. The Morgan fingerprint density at radius 2 is 2.38 bits per heavy atom. The standard InChI is InChI=1S/C15H24N4O2/c1-21-10-13(12-2-3-12)18-15(20)17-9-11-4-6-19-7-5-16-14(19)8-11/h5,7,11-13H,2-4,6,8-10H2,1H3,(H2,17,18,20)/t11-,13-/m1/s1. The maximum absolute atomic E-state index is 12.0. The molecule has 2 amide bonds. The number of nitrogens with zero attached hydrogens (tertiary/aromatic N) is 2. The highest BCUT2D eigenvalue weighted by atomic mass is 16.5. The fourth-order valence-corrected chi connectivity index (χ4v) is 3.02. The van der Waals surface area contributed by atoms with E-state index < -0.39 is 0 Å². The van der Waals surface area contributed by atoms with Crippen LogP contribution in [0.3, 0.4) is 0 Å². The number of amides is 2. The van der Waals surface area contributed by atoms with E-state index in [-0.39, 0.29) is 12.1 Å². The van der Waals surface area contributed by atoms with Crippen LogP contribution in [0.1, 0.15) is 25.1 Å². The van der Waals surface area contributed by atoms with Gasteiger partial charge < -0.3 is 19.9 Å². The van der Waals surface area contributed by atoms with Crippen LogP contribution < -0.4 is 10.6 Å². The van der Waals surface area contributed by atoms with Gasteiger partial charge in [-0.15, -0.1) is 0 Å². The van der Waals surface area contributed by atoms with Gasteiger partial charge in [-0.05, 0) is 31.1 Å². The first-order valence-electron chi connectivity index (χ1n) is 7.79. The molecule has 1 aliphatic carbocycles. The van der Waals surface area contributed by atoms with Crippen molar-refractivity contribution in [1.29, 1.82) is 0 Å². The molecule has 0 unspecified atom stereocenters. The maximum atomic E-state index is 12.0. The normalized spacial score (nSPS) is 22.4. The number of rotatable bonds is 6. The molecule has 1 aliphatic heterocycles. The lowest BCUT2D eigenvalue weighted by Gasteiger charge is -2.24. The van der Waals surface area contributed by atoms with Crippen LogP contribution in [0.15, 0.2) is 12.4 Å². The molecule has 6 heteroatoms. The van der Waals surface area contributed by atoms with E-state index in [1.807, 2.05) is 12.4 Å². The lowest BCUT2D eigenvalue weighted by atomic mass is 9.98. The number of carbonyl (C=O) groups excluding carboxylic acids is 1. The molecule has 21 heavy (non-hydrogen) atoms. The summed E-state index contributed by atoms with van der Waals surface area (Å²) in [7, 11) is 1.68. The van der Waals surface area contributed by atoms with Crippen LogP contribution in [0.25, 0.3) is 0 Å². The van der Waals surface area contributed by atoms with Crippen LogP contribution in [-0.2, 0) is 17.7 Å². The minimum absolute atomic E-state index is 0.0714. The average Bonchev–Trinajstić information content (AvgIpc) is 3.22. The average molecular weight is 292 g/mol. The Morgan fingerprint density at radius 3 is 3.14 bits per heavy atom. The largest absolute Gasteiger partial charge is 0.383 e. The lowest BCUT2D eigenvalue weighted by Crippen LogP contribution is -2.46. The van der Waals surface area contributed by atoms with Gasteiger partial charge in [0.05, 0.1) is 12.6 Å². The van der Waals surface area contributed by atoms with Gasteiger partial charge in [0.1, 0.15) is 5.82 Å². The summed E-state index contributed by atoms with van der Waals surface area (Å²) >= 11 is 0. The van der Waals surface area contributed by atoms with Gasteiger partial charge in [0.2, 0.25) is 0 Å². The summed E-state index contributed by atoms with van der Waals surface area (Å²) in [5.41, 5.74) is 0. The third-order valence-corrected chi connectivity index (χ3v) is 4.46. The van der Waals surface area contributed by atoms with Crippen LogP contribution in [-0.4, -0.2) is 41.9 Å². The van der Waals surface area contributed by atoms with Crippen molar-refractivity contribution in [2.45, 2.75) is 38.3 Å². The van der Waals surface area contributed by atoms with Crippen LogP contribution >= 0.6 is 0 Å². The minimum Gasteiger partial charge on any atom is -0.383 e. The van der Waals surface area contributed by atoms with Gasteiger partial charge in [-0.3, -0.25) is 0 Å². The number of aromatic nitrogens is 2. The first-order chi connectivity index (χ1) is 10.3. The van der Waals surface area contributed by atoms with E-state index in [0.717, 1.165) is 25.2 Å². The van der Waals surface area contributed by atoms with Crippen molar-refractivity contribution in [1.82, 2.24) is 20.2 Å². The quantitative estimate of drug-likeness (QED) is 0.827. The van der Waals surface area contributed by atoms with Crippen LogP contribution in [0.5, 0.6) is 0 Å². The zero-order valence-electron chi connectivity index (χ0n) is 12.5. The Morgan fingerprint density at radius 1 is 1.52 bits per heavy atom. The van der Waals surface area contributed by atoms with E-state index in [2.05, 4.69) is 20.2 Å². The SMILES string of the molecule is COC[C@@H](NC(=O)NC[C@@H]1CCn2ccnc2C1)C1CC1. The second-order valence-electron chi connectivity index (χ2n) is 6.15. The lowest BCUT2D eigenvalue weighted by molar-refractivity contribution is 0.157. The summed E-state index contributed by atoms with van der Waals surface area (Å²) in [6.45, 7) is 2.31. The first-order valence-corrected chi connectivity index (χ1v) is 7.79. The fraction of sp³-hybridized carbons (Fsp3) is 0.733. The number of fused-ring (bicyclic) bond motifs is 1. The molecule has 0 aromatic carbocycles. The third kappa shape index (κ3) is 3.75. The molecule has 1 fully saturated rings. The van der Waals surface area contributed by atoms with Crippen molar-refractivity contribution in [2.24, 2.45) is 11.8 Å². The van der Waals surface area contributed by atoms with E-state index in [1.54, 1.807) is 7.11 Å². The van der Waals surface area contributed by atoms with Crippen molar-refractivity contribution in [3.8, 4) is 0 Å². The number of methoxy groups -OCH3 is 1. The van der Waals surface area contributed by atoms with Gasteiger partial charge >= 0.3 is 6.03 Å². The Bertz CT molecular complexity index is 484. The number of hydrogen-bond donors (Lipinski definition) is 2. The second kappa shape index (κ2) is 6.47. The van der Waals surface area contributed by atoms with Gasteiger partial charge in [-0.25, -0.2) is 9.78 Å². The van der Waals surface area contributed by atoms with Gasteiger partial charge in [-0.1, -0.05) is 0 Å². The number of aryl methyl sites for hydroxylation is 1. The van der Waals surface area contributed by atoms with Gasteiger partial charge in [0.25, 0.3) is 0 Å². The van der Waals surface area contributed by atoms with Crippen LogP contribution in [0, 0.1) is 11.8 Å². The topological polar surface area (TPSA) is 68.2 Å². The summed E-state index contributed by atoms with van der Waals surface area (Å²) in [6, 6.07) is 0.0816. The molecule has 0 radical (unpaired) electrons. The molecule has 0 bridgehead atoms. The summed E-state index contributed by atoms with van der Waals surface area (Å²) in [5.74, 6) is 2.20. The highest BCUT2D eigenvalue weighted by Crippen LogP contribution is 2.32. The number of nitrogens with one attached hydrogen (secondary N) is 2. The number of urea groups is 1. The van der Waals surface area contributed by atoms with Gasteiger partial charge in [0, 0.05) is 39.0 Å². The third-order valence-electron chi connectivity index (χ3n) is 4.46. The molecule has 6 nitrogen and oxygen atoms in total. The molecule has 2 aliphatic rings. The van der Waals surface area contributed by atoms with Crippen molar-refractivity contribution >= 4 is 6.03 Å². The maximum Gasteiger partial charge on any atom is 0.315 e. The number of ether oxygens (including phenoxy) is 1. The Kier molecular flexibility index (Phi) is 4.43. The molecular formula is C15H24N4O2. The summed E-state index contributed by atoms with van der Waals surface area (Å²) in [5, 5.41) is 6.04. The Labute approximate surface area is 125 Å². The molecule has 116 valence electrons. The zero-order valence-corrected chi connectivity index (χ0v) is 12.5. The molecule has 1 aromatic rings. The van der Waals surface area contributed by atoms with E-state index in [4.69, 9.17) is 4.74 Å². The Balaban J connectivity index is 1.41. The van der Waals surface area contributed by atoms with E-state index in [9.17, 15) is 4.79 Å². The predicted molar refractivity (Wildman–Crippen MR) is 79.0 cm³/mol. The molecule has 2 N–H and O–H groups in total. The van der Waals surface area contributed by atoms with E-state index >= 15 is 0 Å². The molecular weight excluding hydrogens is 268 g/mol. The molecule has 0 spiro atoms. The van der Waals surface area contributed by atoms with Crippen LogP contribution in [0.4, 0.5) is 4.79 Å². The van der Waals surface area contributed by atoms with Crippen molar-refractivity contribution in [3.05, 3.63) is 18.2 Å². The molecule has 1 aromatic heterocycles. The summed E-state index contributed by atoms with van der Waals surface area (Å²) in [6.07, 6.45) is 8.30. The molecule has 3 rings (SSSR count). The molecule has 2 heterocycles. The molecule has 0 saturated heterocycles. The highest BCUT2D eigenvalue weighted by Gasteiger charge is 2.32. The van der Waals surface area contributed by atoms with Gasteiger partial charge in [0.15, 0.2) is 0 Å². The van der Waals surface area contributed by atoms with Crippen molar-refractivity contribution < 1.29 is 9.53 Å². The first kappa shape index (κ1) is 14.4. The fourth-order valence-electron chi connectivity index (χ4n) is 3.02. The molecule has 2 atom stereocenters. The number of imidazole rings is 1. The van der Waals surface area contributed by atoms with Crippen molar-refractivity contribution in [3.63, 3.8) is 0 Å². The summed E-state index contributed by atoms with van der Waals surface area (Å²) in [4.78, 5) is 16.4. The monoisotopic (exact) mass is 292 g/mol. The smallest absolute Gasteiger partial charge is 0.315 e. The molecule has 1 saturated carbocycles. The zero-order chi connectivity index (χ0) is 14.7. The number of carbonyl (C=O) groups is 1. The highest BCUT2D eigenvalue weighted by molar-refractivity contribution is 5.74. The van der Waals surface area contributed by atoms with E-state index in [0.29, 0.717) is 25.0 Å². The number of hydrogen-bond acceptors (Lipinski definition) is 3.